The Morgan fingerprint density at radius 1 is 1.29 bits per heavy atom. The highest BCUT2D eigenvalue weighted by Crippen LogP contribution is 2.26. The van der Waals surface area contributed by atoms with Crippen molar-refractivity contribution < 1.29 is 4.42 Å². The van der Waals surface area contributed by atoms with E-state index in [1.165, 1.54) is 0 Å². The van der Waals surface area contributed by atoms with Crippen LogP contribution in [0.3, 0.4) is 0 Å². The zero-order valence-corrected chi connectivity index (χ0v) is 12.5. The fourth-order valence-corrected chi connectivity index (χ4v) is 2.15. The van der Waals surface area contributed by atoms with Crippen LogP contribution in [0.5, 0.6) is 0 Å². The quantitative estimate of drug-likeness (QED) is 0.902. The van der Waals surface area contributed by atoms with Crippen LogP contribution in [0.2, 0.25) is 0 Å². The zero-order chi connectivity index (χ0) is 12.3. The summed E-state index contributed by atoms with van der Waals surface area (Å²) in [5, 5.41) is 3.29. The minimum Gasteiger partial charge on any atom is -0.452 e. The second kappa shape index (κ2) is 5.80. The van der Waals surface area contributed by atoms with Gasteiger partial charge in [0.1, 0.15) is 5.76 Å². The molecule has 2 aromatic heterocycles. The van der Waals surface area contributed by atoms with Gasteiger partial charge in [-0.15, -0.1) is 0 Å². The number of rotatable bonds is 4. The maximum Gasteiger partial charge on any atom is 0.183 e. The molecule has 0 radical (unpaired) electrons. The molecule has 0 unspecified atom stereocenters. The maximum atomic E-state index is 5.46. The smallest absolute Gasteiger partial charge is 0.183 e. The van der Waals surface area contributed by atoms with Gasteiger partial charge in [-0.1, -0.05) is 6.07 Å². The van der Waals surface area contributed by atoms with Crippen molar-refractivity contribution in [3.63, 3.8) is 0 Å². The normalized spacial score (nSPS) is 10.8. The summed E-state index contributed by atoms with van der Waals surface area (Å²) in [6.07, 6.45) is 0. The SMILES string of the molecule is Cc1cccc(CNCc2cc(Br)c(Br)o2)n1. The molecule has 0 amide bonds. The first-order valence-corrected chi connectivity index (χ1v) is 6.81. The van der Waals surface area contributed by atoms with Crippen LogP contribution < -0.4 is 5.32 Å². The van der Waals surface area contributed by atoms with E-state index in [0.717, 1.165) is 32.8 Å². The number of nitrogens with one attached hydrogen (secondary N) is 1. The van der Waals surface area contributed by atoms with Crippen LogP contribution in [-0.2, 0) is 13.1 Å². The average Bonchev–Trinajstić information content (AvgIpc) is 2.58. The molecule has 0 aliphatic heterocycles. The highest BCUT2D eigenvalue weighted by Gasteiger charge is 2.05. The second-order valence-corrected chi connectivity index (χ2v) is 5.28. The van der Waals surface area contributed by atoms with Gasteiger partial charge in [-0.2, -0.15) is 0 Å². The van der Waals surface area contributed by atoms with Gasteiger partial charge < -0.3 is 9.73 Å². The molecule has 2 rings (SSSR count). The van der Waals surface area contributed by atoms with Crippen molar-refractivity contribution in [2.24, 2.45) is 0 Å². The fourth-order valence-electron chi connectivity index (χ4n) is 1.49. The molecule has 2 aromatic rings. The standard InChI is InChI=1S/C12H12Br2N2O/c1-8-3-2-4-9(16-8)6-15-7-10-5-11(13)12(14)17-10/h2-5,15H,6-7H2,1H3. The van der Waals surface area contributed by atoms with Gasteiger partial charge in [0.15, 0.2) is 4.67 Å². The van der Waals surface area contributed by atoms with E-state index < -0.39 is 0 Å². The predicted octanol–water partition coefficient (Wildman–Crippen LogP) is 3.80. The second-order valence-electron chi connectivity index (χ2n) is 3.71. The van der Waals surface area contributed by atoms with Crippen LogP contribution >= 0.6 is 31.9 Å². The number of aromatic nitrogens is 1. The van der Waals surface area contributed by atoms with Gasteiger partial charge in [0.05, 0.1) is 16.7 Å². The van der Waals surface area contributed by atoms with Crippen LogP contribution in [0.25, 0.3) is 0 Å². The first-order chi connectivity index (χ1) is 8.15. The molecule has 5 heteroatoms. The van der Waals surface area contributed by atoms with Crippen LogP contribution in [0.15, 0.2) is 37.8 Å². The summed E-state index contributed by atoms with van der Waals surface area (Å²) in [5.41, 5.74) is 2.07. The van der Waals surface area contributed by atoms with Crippen molar-refractivity contribution in [2.45, 2.75) is 20.0 Å². The van der Waals surface area contributed by atoms with Crippen molar-refractivity contribution in [1.82, 2.24) is 10.3 Å². The van der Waals surface area contributed by atoms with Gasteiger partial charge in [0, 0.05) is 12.2 Å². The summed E-state index contributed by atoms with van der Waals surface area (Å²) in [6, 6.07) is 7.96. The van der Waals surface area contributed by atoms with Crippen molar-refractivity contribution >= 4 is 31.9 Å². The third-order valence-corrected chi connectivity index (χ3v) is 3.96. The fraction of sp³-hybridized carbons (Fsp3) is 0.250. The zero-order valence-electron chi connectivity index (χ0n) is 9.34. The van der Waals surface area contributed by atoms with E-state index in [-0.39, 0.29) is 0 Å². The number of nitrogens with zero attached hydrogens (tertiary/aromatic N) is 1. The largest absolute Gasteiger partial charge is 0.452 e. The van der Waals surface area contributed by atoms with Crippen LogP contribution in [0.1, 0.15) is 17.1 Å². The van der Waals surface area contributed by atoms with E-state index in [2.05, 4.69) is 42.2 Å². The lowest BCUT2D eigenvalue weighted by molar-refractivity contribution is 0.463. The number of pyridine rings is 1. The number of aryl methyl sites for hydroxylation is 1. The van der Waals surface area contributed by atoms with E-state index in [0.29, 0.717) is 6.54 Å². The molecule has 0 aromatic carbocycles. The lowest BCUT2D eigenvalue weighted by Crippen LogP contribution is -2.13. The van der Waals surface area contributed by atoms with Crippen LogP contribution in [0, 0.1) is 6.92 Å². The van der Waals surface area contributed by atoms with Crippen molar-refractivity contribution in [3.8, 4) is 0 Å². The highest BCUT2D eigenvalue weighted by molar-refractivity contribution is 9.13. The Labute approximate surface area is 117 Å². The van der Waals surface area contributed by atoms with E-state index >= 15 is 0 Å². The molecular weight excluding hydrogens is 348 g/mol. The third kappa shape index (κ3) is 3.66. The molecule has 0 saturated carbocycles. The Morgan fingerprint density at radius 2 is 2.12 bits per heavy atom. The van der Waals surface area contributed by atoms with Gasteiger partial charge in [0.2, 0.25) is 0 Å². The predicted molar refractivity (Wildman–Crippen MR) is 73.6 cm³/mol. The number of furan rings is 1. The molecular formula is C12H12Br2N2O. The summed E-state index contributed by atoms with van der Waals surface area (Å²) >= 11 is 6.69. The Kier molecular flexibility index (Phi) is 4.36. The first kappa shape index (κ1) is 12.8. The Hall–Kier alpha value is -0.650. The highest BCUT2D eigenvalue weighted by atomic mass is 79.9. The molecule has 0 saturated heterocycles. The lowest BCUT2D eigenvalue weighted by Gasteiger charge is -2.02. The number of hydrogen-bond acceptors (Lipinski definition) is 3. The topological polar surface area (TPSA) is 38.1 Å². The van der Waals surface area contributed by atoms with Gasteiger partial charge in [0.25, 0.3) is 0 Å². The summed E-state index contributed by atoms with van der Waals surface area (Å²) in [6.45, 7) is 3.40. The molecule has 0 atom stereocenters. The Morgan fingerprint density at radius 3 is 2.76 bits per heavy atom. The molecule has 17 heavy (non-hydrogen) atoms. The summed E-state index contributed by atoms with van der Waals surface area (Å²) < 4.78 is 7.12. The van der Waals surface area contributed by atoms with Gasteiger partial charge in [-0.3, -0.25) is 4.98 Å². The molecule has 2 heterocycles. The summed E-state index contributed by atoms with van der Waals surface area (Å²) in [7, 11) is 0. The van der Waals surface area contributed by atoms with E-state index in [4.69, 9.17) is 4.42 Å². The molecule has 3 nitrogen and oxygen atoms in total. The minimum atomic E-state index is 0.680. The molecule has 0 fully saturated rings. The monoisotopic (exact) mass is 358 g/mol. The Balaban J connectivity index is 1.87. The van der Waals surface area contributed by atoms with Crippen LogP contribution in [0.4, 0.5) is 0 Å². The van der Waals surface area contributed by atoms with E-state index in [9.17, 15) is 0 Å². The van der Waals surface area contributed by atoms with E-state index in [1.54, 1.807) is 0 Å². The Bertz CT molecular complexity index is 491. The van der Waals surface area contributed by atoms with Crippen molar-refractivity contribution in [3.05, 3.63) is 50.6 Å². The lowest BCUT2D eigenvalue weighted by atomic mass is 10.3. The van der Waals surface area contributed by atoms with Gasteiger partial charge >= 0.3 is 0 Å². The van der Waals surface area contributed by atoms with Gasteiger partial charge in [-0.25, -0.2) is 0 Å². The minimum absolute atomic E-state index is 0.680. The third-order valence-electron chi connectivity index (χ3n) is 2.25. The molecule has 90 valence electrons. The van der Waals surface area contributed by atoms with Crippen LogP contribution in [-0.4, -0.2) is 4.98 Å². The molecule has 0 bridgehead atoms. The summed E-state index contributed by atoms with van der Waals surface area (Å²) in [4.78, 5) is 4.42. The molecule has 0 aliphatic rings. The molecule has 0 aliphatic carbocycles. The number of halogens is 2. The van der Waals surface area contributed by atoms with Gasteiger partial charge in [-0.05, 0) is 57.0 Å². The van der Waals surface area contributed by atoms with Crippen molar-refractivity contribution in [2.75, 3.05) is 0 Å². The average molecular weight is 360 g/mol. The van der Waals surface area contributed by atoms with E-state index in [1.807, 2.05) is 31.2 Å². The molecule has 1 N–H and O–H groups in total. The summed E-state index contributed by atoms with van der Waals surface area (Å²) in [5.74, 6) is 0.886. The first-order valence-electron chi connectivity index (χ1n) is 5.22. The number of hydrogen-bond donors (Lipinski definition) is 1. The van der Waals surface area contributed by atoms with Crippen molar-refractivity contribution in [1.29, 1.82) is 0 Å². The maximum absolute atomic E-state index is 5.46. The molecule has 0 spiro atoms.